The Morgan fingerprint density at radius 3 is 2.59 bits per heavy atom. The van der Waals surface area contributed by atoms with Crippen LogP contribution in [0, 0.1) is 12.7 Å². The maximum absolute atomic E-state index is 14.6. The lowest BCUT2D eigenvalue weighted by molar-refractivity contribution is 0.0122. The number of ether oxygens (including phenoxy) is 1. The van der Waals surface area contributed by atoms with Gasteiger partial charge in [-0.05, 0) is 65.2 Å². The Hall–Kier alpha value is -4.21. The number of benzene rings is 1. The van der Waals surface area contributed by atoms with Crippen molar-refractivity contribution in [3.63, 3.8) is 0 Å². The summed E-state index contributed by atoms with van der Waals surface area (Å²) in [5, 5.41) is 8.21. The average Bonchev–Trinajstić information content (AvgIpc) is 3.38. The summed E-state index contributed by atoms with van der Waals surface area (Å²) in [7, 11) is 1.81. The first-order valence-electron chi connectivity index (χ1n) is 13.0. The second kappa shape index (κ2) is 9.52. The van der Waals surface area contributed by atoms with Crippen LogP contribution >= 0.6 is 0 Å². The monoisotopic (exact) mass is 532 g/mol. The predicted molar refractivity (Wildman–Crippen MR) is 148 cm³/mol. The fraction of sp³-hybridized carbons (Fsp3) is 0.379. The number of hydrogen-bond acceptors (Lipinski definition) is 5. The molecule has 0 bridgehead atoms. The Bertz CT molecular complexity index is 1640. The van der Waals surface area contributed by atoms with Crippen LogP contribution in [0.15, 0.2) is 42.9 Å². The van der Waals surface area contributed by atoms with Gasteiger partial charge in [0.25, 0.3) is 5.91 Å². The molecule has 5 rings (SSSR count). The molecule has 9 nitrogen and oxygen atoms in total. The van der Waals surface area contributed by atoms with Crippen LogP contribution in [-0.2, 0) is 11.8 Å². The number of pyridine rings is 1. The van der Waals surface area contributed by atoms with Gasteiger partial charge in [-0.1, -0.05) is 12.1 Å². The van der Waals surface area contributed by atoms with Crippen LogP contribution in [0.2, 0.25) is 0 Å². The van der Waals surface area contributed by atoms with Gasteiger partial charge in [-0.3, -0.25) is 14.4 Å². The van der Waals surface area contributed by atoms with Crippen LogP contribution in [0.3, 0.4) is 0 Å². The Labute approximate surface area is 226 Å². The second-order valence-electron chi connectivity index (χ2n) is 11.2. The summed E-state index contributed by atoms with van der Waals surface area (Å²) in [6, 6.07) is 4.66. The molecule has 2 amide bonds. The van der Waals surface area contributed by atoms with Gasteiger partial charge in [-0.25, -0.2) is 14.2 Å². The molecule has 4 heterocycles. The molecule has 39 heavy (non-hydrogen) atoms. The number of imidazole rings is 1. The molecule has 1 aromatic carbocycles. The second-order valence-corrected chi connectivity index (χ2v) is 11.2. The minimum atomic E-state index is -0.575. The highest BCUT2D eigenvalue weighted by molar-refractivity contribution is 6.13. The zero-order valence-electron chi connectivity index (χ0n) is 23.2. The maximum atomic E-state index is 14.6. The summed E-state index contributed by atoms with van der Waals surface area (Å²) < 4.78 is 23.4. The number of halogens is 1. The summed E-state index contributed by atoms with van der Waals surface area (Å²) in [6.45, 7) is 11.3. The molecule has 0 fully saturated rings. The Morgan fingerprint density at radius 1 is 1.15 bits per heavy atom. The van der Waals surface area contributed by atoms with Crippen molar-refractivity contribution in [2.24, 2.45) is 7.05 Å². The third-order valence-corrected chi connectivity index (χ3v) is 6.74. The zero-order valence-corrected chi connectivity index (χ0v) is 23.2. The number of aryl methyl sites for hydroxylation is 2. The number of amides is 2. The van der Waals surface area contributed by atoms with Crippen LogP contribution in [0.25, 0.3) is 22.1 Å². The first-order valence-corrected chi connectivity index (χ1v) is 13.0. The molecule has 0 spiro atoms. The van der Waals surface area contributed by atoms with Gasteiger partial charge in [-0.2, -0.15) is 5.10 Å². The topological polar surface area (TPSA) is 93.8 Å². The zero-order chi connectivity index (χ0) is 28.2. The van der Waals surface area contributed by atoms with E-state index in [-0.39, 0.29) is 23.8 Å². The van der Waals surface area contributed by atoms with E-state index in [1.165, 1.54) is 6.07 Å². The molecule has 0 unspecified atom stereocenters. The minimum absolute atomic E-state index is 0.0822. The number of rotatable bonds is 3. The predicted octanol–water partition coefficient (Wildman–Crippen LogP) is 5.72. The van der Waals surface area contributed by atoms with E-state index in [1.54, 1.807) is 46.4 Å². The highest BCUT2D eigenvalue weighted by atomic mass is 19.1. The molecule has 4 aromatic rings. The molecule has 0 radical (unpaired) electrons. The number of hydrogen-bond donors (Lipinski definition) is 1. The van der Waals surface area contributed by atoms with Crippen molar-refractivity contribution in [3.8, 4) is 0 Å². The molecular weight excluding hydrogens is 499 g/mol. The minimum Gasteiger partial charge on any atom is -0.444 e. The lowest BCUT2D eigenvalue weighted by atomic mass is 9.89. The normalized spacial score (nSPS) is 17.9. The quantitative estimate of drug-likeness (QED) is 0.364. The highest BCUT2D eigenvalue weighted by Crippen LogP contribution is 2.35. The fourth-order valence-corrected chi connectivity index (χ4v) is 5.25. The van der Waals surface area contributed by atoms with Crippen molar-refractivity contribution >= 4 is 39.8 Å². The molecule has 0 saturated carbocycles. The van der Waals surface area contributed by atoms with Gasteiger partial charge in [0.1, 0.15) is 11.1 Å². The third kappa shape index (κ3) is 5.10. The summed E-state index contributed by atoms with van der Waals surface area (Å²) in [5.74, 6) is -0.913. The van der Waals surface area contributed by atoms with E-state index < -0.39 is 17.3 Å². The van der Waals surface area contributed by atoms with Crippen LogP contribution in [-0.4, -0.2) is 53.8 Å². The van der Waals surface area contributed by atoms with Gasteiger partial charge in [0, 0.05) is 43.1 Å². The molecule has 2 atom stereocenters. The molecule has 1 N–H and O–H groups in total. The molecule has 10 heteroatoms. The first-order chi connectivity index (χ1) is 18.3. The molecule has 1 aliphatic heterocycles. The van der Waals surface area contributed by atoms with E-state index in [2.05, 4.69) is 21.5 Å². The number of carbonyl (C=O) groups is 2. The molecule has 3 aromatic heterocycles. The Balaban J connectivity index is 1.46. The van der Waals surface area contributed by atoms with Crippen LogP contribution in [0.4, 0.5) is 14.9 Å². The van der Waals surface area contributed by atoms with E-state index in [9.17, 15) is 14.0 Å². The van der Waals surface area contributed by atoms with Crippen molar-refractivity contribution in [3.05, 3.63) is 65.5 Å². The van der Waals surface area contributed by atoms with Gasteiger partial charge < -0.3 is 14.5 Å². The van der Waals surface area contributed by atoms with Crippen molar-refractivity contribution < 1.29 is 18.7 Å². The van der Waals surface area contributed by atoms with Gasteiger partial charge in [0.15, 0.2) is 11.5 Å². The van der Waals surface area contributed by atoms with Crippen molar-refractivity contribution in [2.75, 3.05) is 5.32 Å². The van der Waals surface area contributed by atoms with Crippen LogP contribution in [0.1, 0.15) is 62.7 Å². The Kier molecular flexibility index (Phi) is 6.44. The summed E-state index contributed by atoms with van der Waals surface area (Å²) in [5.41, 5.74) is 3.58. The fourth-order valence-electron chi connectivity index (χ4n) is 5.25. The highest BCUT2D eigenvalue weighted by Gasteiger charge is 2.33. The summed E-state index contributed by atoms with van der Waals surface area (Å²) in [6.07, 6.45) is 7.57. The number of anilines is 1. The van der Waals surface area contributed by atoms with E-state index in [0.29, 0.717) is 28.9 Å². The summed E-state index contributed by atoms with van der Waals surface area (Å²) >= 11 is 0. The van der Waals surface area contributed by atoms with Crippen molar-refractivity contribution in [2.45, 2.75) is 65.6 Å². The van der Waals surface area contributed by atoms with Crippen molar-refractivity contribution in [1.82, 2.24) is 24.1 Å². The van der Waals surface area contributed by atoms with E-state index in [4.69, 9.17) is 4.74 Å². The van der Waals surface area contributed by atoms with Crippen molar-refractivity contribution in [1.29, 1.82) is 0 Å². The molecule has 0 aliphatic carbocycles. The lowest BCUT2D eigenvalue weighted by Gasteiger charge is -2.39. The maximum Gasteiger partial charge on any atom is 0.411 e. The van der Waals surface area contributed by atoms with E-state index >= 15 is 0 Å². The standard InChI is InChI=1S/C29H33FN6O3/c1-16-13-35-14-20(12-24(30)26(35)31-16)32-27(37)22-9-8-21(23-15-34(7)33-25(22)23)19-10-17(2)36(18(3)11-19)28(38)39-29(4,5)6/h8-10,12-15,17-18H,11H2,1-7H3,(H,32,37)/t17-,18+/m0/s1. The third-order valence-electron chi connectivity index (χ3n) is 6.74. The number of carbonyl (C=O) groups excluding carboxylic acids is 2. The largest absolute Gasteiger partial charge is 0.444 e. The SMILES string of the molecule is Cc1cn2cc(NC(=O)c3ccc(C4=C[C@H](C)N(C(=O)OC(C)(C)C)[C@H](C)C4)c4cn(C)nc34)cc(F)c2n1. The van der Waals surface area contributed by atoms with Gasteiger partial charge in [0.05, 0.1) is 23.0 Å². The average molecular weight is 533 g/mol. The summed E-state index contributed by atoms with van der Waals surface area (Å²) in [4.78, 5) is 32.1. The Morgan fingerprint density at radius 2 is 1.90 bits per heavy atom. The van der Waals surface area contributed by atoms with Crippen LogP contribution in [0.5, 0.6) is 0 Å². The number of nitrogens with one attached hydrogen (secondary N) is 1. The van der Waals surface area contributed by atoms with Gasteiger partial charge in [0.2, 0.25) is 0 Å². The number of fused-ring (bicyclic) bond motifs is 2. The number of nitrogens with zero attached hydrogens (tertiary/aromatic N) is 5. The molecule has 1 aliphatic rings. The van der Waals surface area contributed by atoms with Gasteiger partial charge >= 0.3 is 6.09 Å². The van der Waals surface area contributed by atoms with E-state index in [1.807, 2.05) is 46.9 Å². The molecule has 204 valence electrons. The van der Waals surface area contributed by atoms with Gasteiger partial charge in [-0.15, -0.1) is 0 Å². The first kappa shape index (κ1) is 26.4. The smallest absolute Gasteiger partial charge is 0.411 e. The van der Waals surface area contributed by atoms with Crippen LogP contribution < -0.4 is 5.32 Å². The molecular formula is C29H33FN6O3. The molecule has 0 saturated heterocycles. The number of aromatic nitrogens is 4. The lowest BCUT2D eigenvalue weighted by Crippen LogP contribution is -2.48. The van der Waals surface area contributed by atoms with E-state index in [0.717, 1.165) is 16.5 Å².